The van der Waals surface area contributed by atoms with E-state index >= 15 is 4.39 Å². The van der Waals surface area contributed by atoms with E-state index in [0.717, 1.165) is 12.1 Å². The summed E-state index contributed by atoms with van der Waals surface area (Å²) in [6, 6.07) is 32.1. The molecule has 0 aliphatic heterocycles. The highest BCUT2D eigenvalue weighted by atomic mass is 79.9. The average Bonchev–Trinajstić information content (AvgIpc) is 2.07. The number of nitrogens with zero attached hydrogens (tertiary/aromatic N) is 4. The van der Waals surface area contributed by atoms with Crippen molar-refractivity contribution in [3.63, 3.8) is 0 Å². The number of aromatic nitrogens is 4. The summed E-state index contributed by atoms with van der Waals surface area (Å²) in [6.07, 6.45) is 2.45. The standard InChI is InChI=1S/C26H18F3N3O6S.C19H13BrFN3O5S.C7H7BF2O3.CH4.2H3P/c1-36-23-13-19(15-3-2-4-17(11-15)38-26(28)29)20(27)14-22(23)32-21-7-6-18(12-16(21)5-8-25(32)33)39(34,35)31-24-9-10-37-30-24;1-28-17-9-13(20)14(21)10-16(17)24-15-4-3-12(8-11(15)2-5-19(24)25)30(26,27)23-18-6-7-29-22-18;9-7(10)13-6-3-1-2-5(4-6)8(11)12;;;/h2-14,26H,1H3,(H,30,31);2-10H,1H3,(H,22,23);1-4,7,11-12H;1H4;2*1H3. The fourth-order valence-corrected chi connectivity index (χ4v) is 10.2. The maximum atomic E-state index is 15.4. The van der Waals surface area contributed by atoms with Crippen LogP contribution in [-0.4, -0.2) is 80.9 Å². The van der Waals surface area contributed by atoms with Crippen molar-refractivity contribution in [2.75, 3.05) is 23.7 Å². The van der Waals surface area contributed by atoms with Crippen LogP contribution in [0.5, 0.6) is 23.0 Å². The van der Waals surface area contributed by atoms with Gasteiger partial charge in [-0.15, -0.1) is 0 Å². The van der Waals surface area contributed by atoms with Crippen molar-refractivity contribution >= 4 is 102 Å². The Kier molecular flexibility index (Phi) is 23.1. The van der Waals surface area contributed by atoms with E-state index in [4.69, 9.17) is 19.5 Å². The SMILES string of the molecule is C.COc1cc(-c2cccc(OC(F)F)c2)c(F)cc1-n1c(=O)ccc2cc(S(=O)(=O)Nc3ccon3)ccc21.COc1cc(Br)c(F)cc1-n1c(=O)ccc2cc(S(=O)(=O)Nc3ccon3)ccc21.OB(O)c1cccc(OC(F)F)c1.P.P. The number of methoxy groups -OCH3 is 2. The first-order chi connectivity index (χ1) is 39.0. The Morgan fingerprint density at radius 2 is 1.05 bits per heavy atom. The Hall–Kier alpha value is -8.24. The number of hydrogen-bond donors (Lipinski definition) is 4. The number of fused-ring (bicyclic) bond motifs is 2. The van der Waals surface area contributed by atoms with E-state index in [0.29, 0.717) is 16.3 Å². The van der Waals surface area contributed by atoms with Gasteiger partial charge in [-0.1, -0.05) is 42.0 Å². The minimum absolute atomic E-state index is 0. The van der Waals surface area contributed by atoms with E-state index in [1.54, 1.807) is 0 Å². The fraction of sp³-hybridized carbons (Fsp3) is 0.0943. The van der Waals surface area contributed by atoms with Gasteiger partial charge in [0.15, 0.2) is 11.6 Å². The van der Waals surface area contributed by atoms with Gasteiger partial charge in [0.1, 0.15) is 47.2 Å². The summed E-state index contributed by atoms with van der Waals surface area (Å²) in [5, 5.41) is 25.3. The predicted molar refractivity (Wildman–Crippen MR) is 318 cm³/mol. The number of anilines is 2. The molecule has 0 spiro atoms. The zero-order valence-corrected chi connectivity index (χ0v) is 49.2. The lowest BCUT2D eigenvalue weighted by Crippen LogP contribution is -2.29. The van der Waals surface area contributed by atoms with Crippen LogP contribution in [0.4, 0.5) is 38.0 Å². The minimum atomic E-state index is -4.03. The smallest absolute Gasteiger partial charge is 0.488 e. The maximum absolute atomic E-state index is 15.4. The monoisotopic (exact) mass is 1320 g/mol. The number of rotatable bonds is 16. The Bertz CT molecular complexity index is 4310. The topological polar surface area (TPSA) is 266 Å². The molecule has 10 rings (SSSR count). The average molecular weight is 1320 g/mol. The number of pyridine rings is 2. The third-order valence-corrected chi connectivity index (χ3v) is 14.7. The summed E-state index contributed by atoms with van der Waals surface area (Å²) in [6.45, 7) is -5.96. The molecule has 4 heterocycles. The van der Waals surface area contributed by atoms with Crippen LogP contribution in [0.15, 0.2) is 191 Å². The Balaban J connectivity index is 0.000000254. The molecule has 0 saturated heterocycles. The third-order valence-electron chi connectivity index (χ3n) is 11.4. The summed E-state index contributed by atoms with van der Waals surface area (Å²) < 4.78 is 165. The van der Waals surface area contributed by atoms with Crippen molar-refractivity contribution in [2.24, 2.45) is 0 Å². The molecule has 0 aliphatic carbocycles. The number of hydrogen-bond acceptors (Lipinski definition) is 16. The van der Waals surface area contributed by atoms with Crippen LogP contribution in [0.1, 0.15) is 7.43 Å². The summed E-state index contributed by atoms with van der Waals surface area (Å²) >= 11 is 3.09. The lowest BCUT2D eigenvalue weighted by Gasteiger charge is -2.17. The summed E-state index contributed by atoms with van der Waals surface area (Å²) in [5.74, 6) is -1.19. The number of ether oxygens (including phenoxy) is 4. The number of halogens is 7. The molecular formula is C53H48BBrF6N6O14P2S2. The maximum Gasteiger partial charge on any atom is 0.488 e. The molecule has 2 unspecified atom stereocenters. The van der Waals surface area contributed by atoms with E-state index in [2.05, 4.69) is 54.2 Å². The van der Waals surface area contributed by atoms with Crippen LogP contribution in [0.2, 0.25) is 0 Å². The number of sulfonamides is 2. The summed E-state index contributed by atoms with van der Waals surface area (Å²) in [7, 11) is -6.92. The van der Waals surface area contributed by atoms with Gasteiger partial charge in [0.2, 0.25) is 0 Å². The van der Waals surface area contributed by atoms with Crippen molar-refractivity contribution in [1.29, 1.82) is 0 Å². The number of benzene rings is 6. The van der Waals surface area contributed by atoms with Gasteiger partial charge in [-0.2, -0.15) is 37.4 Å². The second-order valence-electron chi connectivity index (χ2n) is 16.6. The van der Waals surface area contributed by atoms with E-state index in [-0.39, 0.29) is 110 Å². The first kappa shape index (κ1) is 67.6. The van der Waals surface area contributed by atoms with Gasteiger partial charge < -0.3 is 38.0 Å². The molecule has 4 N–H and O–H groups in total. The highest BCUT2D eigenvalue weighted by molar-refractivity contribution is 9.10. The normalized spacial score (nSPS) is 11.0. The van der Waals surface area contributed by atoms with Crippen molar-refractivity contribution in [3.05, 3.63) is 195 Å². The molecule has 85 heavy (non-hydrogen) atoms. The lowest BCUT2D eigenvalue weighted by atomic mass is 9.80. The summed E-state index contributed by atoms with van der Waals surface area (Å²) in [4.78, 5) is 25.4. The molecule has 32 heteroatoms. The molecule has 0 radical (unpaired) electrons. The molecule has 448 valence electrons. The van der Waals surface area contributed by atoms with Gasteiger partial charge in [0.05, 0.1) is 50.9 Å². The molecule has 4 aromatic heterocycles. The van der Waals surface area contributed by atoms with Gasteiger partial charge in [-0.3, -0.25) is 28.2 Å². The highest BCUT2D eigenvalue weighted by Gasteiger charge is 2.23. The molecule has 20 nitrogen and oxygen atoms in total. The van der Waals surface area contributed by atoms with Gasteiger partial charge in [-0.05, 0) is 112 Å². The van der Waals surface area contributed by atoms with Crippen molar-refractivity contribution in [3.8, 4) is 45.5 Å². The Morgan fingerprint density at radius 3 is 1.49 bits per heavy atom. The third kappa shape index (κ3) is 16.2. The molecule has 2 atom stereocenters. The molecule has 6 aromatic carbocycles. The molecule has 10 aromatic rings. The van der Waals surface area contributed by atoms with E-state index < -0.39 is 63.1 Å². The predicted octanol–water partition coefficient (Wildman–Crippen LogP) is 9.61. The minimum Gasteiger partial charge on any atom is -0.495 e. The van der Waals surface area contributed by atoms with Crippen molar-refractivity contribution in [2.45, 2.75) is 30.4 Å². The van der Waals surface area contributed by atoms with Gasteiger partial charge >= 0.3 is 20.3 Å². The largest absolute Gasteiger partial charge is 0.495 e. The quantitative estimate of drug-likeness (QED) is 0.0398. The highest BCUT2D eigenvalue weighted by Crippen LogP contribution is 2.36. The van der Waals surface area contributed by atoms with Gasteiger partial charge in [0.25, 0.3) is 31.2 Å². The molecule has 0 fully saturated rings. The van der Waals surface area contributed by atoms with Gasteiger partial charge in [0, 0.05) is 52.7 Å². The molecule has 0 bridgehead atoms. The van der Waals surface area contributed by atoms with Crippen LogP contribution >= 0.6 is 35.7 Å². The number of alkyl halides is 4. The number of nitrogens with one attached hydrogen (secondary N) is 2. The van der Waals surface area contributed by atoms with E-state index in [9.17, 15) is 48.4 Å². The zero-order valence-electron chi connectivity index (χ0n) is 43.2. The lowest BCUT2D eigenvalue weighted by molar-refractivity contribution is -0.0504. The second kappa shape index (κ2) is 29.0. The Labute approximate surface area is 494 Å². The Morgan fingerprint density at radius 1 is 0.588 bits per heavy atom. The fourth-order valence-electron chi connectivity index (χ4n) is 7.85. The van der Waals surface area contributed by atoms with Gasteiger partial charge in [-0.25, -0.2) is 25.6 Å². The van der Waals surface area contributed by atoms with Crippen LogP contribution in [0.3, 0.4) is 0 Å². The molecular weight excluding hydrogens is 1280 g/mol. The zero-order chi connectivity index (χ0) is 59.0. The van der Waals surface area contributed by atoms with Crippen LogP contribution in [-0.2, 0) is 20.0 Å². The van der Waals surface area contributed by atoms with Crippen LogP contribution in [0.25, 0.3) is 44.3 Å². The van der Waals surface area contributed by atoms with Crippen molar-refractivity contribution < 1.29 is 81.2 Å². The summed E-state index contributed by atoms with van der Waals surface area (Å²) in [5.41, 5.74) is 0.305. The van der Waals surface area contributed by atoms with Crippen LogP contribution in [0, 0.1) is 11.6 Å². The molecule has 0 aliphatic rings. The first-order valence-electron chi connectivity index (χ1n) is 23.1. The van der Waals surface area contributed by atoms with E-state index in [1.165, 1.54) is 169 Å². The van der Waals surface area contributed by atoms with Crippen LogP contribution < -0.4 is 45.0 Å². The van der Waals surface area contributed by atoms with E-state index in [1.807, 2.05) is 0 Å². The first-order valence-corrected chi connectivity index (χ1v) is 26.9. The molecule has 0 saturated carbocycles. The molecule has 0 amide bonds. The van der Waals surface area contributed by atoms with Crippen molar-refractivity contribution in [1.82, 2.24) is 19.4 Å². The second-order valence-corrected chi connectivity index (χ2v) is 20.8.